The minimum absolute atomic E-state index is 0.260. The molecule has 0 radical (unpaired) electrons. The van der Waals surface area contributed by atoms with Crippen LogP contribution in [0.4, 0.5) is 0 Å². The van der Waals surface area contributed by atoms with Crippen molar-refractivity contribution in [2.75, 3.05) is 20.6 Å². The van der Waals surface area contributed by atoms with Crippen molar-refractivity contribution >= 4 is 12.6 Å². The third-order valence-electron chi connectivity index (χ3n) is 4.55. The molecule has 1 aromatic rings. The smallest absolute Gasteiger partial charge is 0.399 e. The Hall–Kier alpha value is -0.835. The van der Waals surface area contributed by atoms with E-state index in [1.807, 2.05) is 0 Å². The van der Waals surface area contributed by atoms with Gasteiger partial charge in [-0.25, -0.2) is 0 Å². The molecule has 0 amide bonds. The van der Waals surface area contributed by atoms with Gasteiger partial charge >= 0.3 is 7.12 Å². The van der Waals surface area contributed by atoms with Gasteiger partial charge in [0.1, 0.15) is 0 Å². The number of rotatable bonds is 5. The van der Waals surface area contributed by atoms with Gasteiger partial charge in [-0.05, 0) is 72.2 Å². The normalized spacial score (nSPS) is 20.2. The summed E-state index contributed by atoms with van der Waals surface area (Å²) in [6.07, 6.45) is 2.26. The van der Waals surface area contributed by atoms with E-state index in [0.717, 1.165) is 18.4 Å². The summed E-state index contributed by atoms with van der Waals surface area (Å²) >= 11 is 0. The highest BCUT2D eigenvalue weighted by Gasteiger charge is 2.51. The molecule has 0 spiro atoms. The third-order valence-corrected chi connectivity index (χ3v) is 4.55. The lowest BCUT2D eigenvalue weighted by Crippen LogP contribution is -2.41. The van der Waals surface area contributed by atoms with Gasteiger partial charge in [0.05, 0.1) is 11.2 Å². The standard InChI is InChI=1S/C17H28BNO2/c1-16(2)17(3,4)21-18(20-16)15-11-7-9-14(13-15)10-8-12-19(5)6/h7,9,11,13H,8,10,12H2,1-6H3. The topological polar surface area (TPSA) is 21.7 Å². The Morgan fingerprint density at radius 3 is 2.24 bits per heavy atom. The Kier molecular flexibility index (Phi) is 4.81. The first-order valence-corrected chi connectivity index (χ1v) is 7.80. The lowest BCUT2D eigenvalue weighted by molar-refractivity contribution is 0.00578. The molecule has 0 unspecified atom stereocenters. The van der Waals surface area contributed by atoms with Gasteiger partial charge in [-0.3, -0.25) is 0 Å². The molecule has 1 saturated heterocycles. The van der Waals surface area contributed by atoms with Gasteiger partial charge in [0.25, 0.3) is 0 Å². The van der Waals surface area contributed by atoms with E-state index in [4.69, 9.17) is 9.31 Å². The predicted octanol–water partition coefficient (Wildman–Crippen LogP) is 2.48. The average molecular weight is 289 g/mol. The van der Waals surface area contributed by atoms with Crippen LogP contribution in [-0.4, -0.2) is 43.9 Å². The monoisotopic (exact) mass is 289 g/mol. The summed E-state index contributed by atoms with van der Waals surface area (Å²) in [4.78, 5) is 2.22. The Bertz CT molecular complexity index is 469. The summed E-state index contributed by atoms with van der Waals surface area (Å²) in [7, 11) is 3.96. The maximum absolute atomic E-state index is 6.12. The second-order valence-corrected chi connectivity index (χ2v) is 7.24. The molecule has 0 aromatic heterocycles. The van der Waals surface area contributed by atoms with Crippen molar-refractivity contribution in [3.8, 4) is 0 Å². The molecule has 1 aliphatic rings. The molecule has 2 rings (SSSR count). The van der Waals surface area contributed by atoms with E-state index in [1.165, 1.54) is 12.0 Å². The molecule has 1 aliphatic heterocycles. The number of aryl methyl sites for hydroxylation is 1. The maximum atomic E-state index is 6.12. The van der Waals surface area contributed by atoms with Crippen molar-refractivity contribution in [2.24, 2.45) is 0 Å². The van der Waals surface area contributed by atoms with Crippen LogP contribution in [-0.2, 0) is 15.7 Å². The van der Waals surface area contributed by atoms with Crippen molar-refractivity contribution < 1.29 is 9.31 Å². The number of hydrogen-bond donors (Lipinski definition) is 0. The van der Waals surface area contributed by atoms with E-state index in [0.29, 0.717) is 0 Å². The van der Waals surface area contributed by atoms with Gasteiger partial charge in [-0.2, -0.15) is 0 Å². The molecule has 4 heteroatoms. The largest absolute Gasteiger partial charge is 0.494 e. The lowest BCUT2D eigenvalue weighted by atomic mass is 9.78. The quantitative estimate of drug-likeness (QED) is 0.777. The predicted molar refractivity (Wildman–Crippen MR) is 89.0 cm³/mol. The molecule has 0 bridgehead atoms. The third kappa shape index (κ3) is 3.88. The SMILES string of the molecule is CN(C)CCCc1cccc(B2OC(C)(C)C(C)(C)O2)c1. The van der Waals surface area contributed by atoms with Crippen LogP contribution in [0.25, 0.3) is 0 Å². The molecule has 1 fully saturated rings. The fraction of sp³-hybridized carbons (Fsp3) is 0.647. The van der Waals surface area contributed by atoms with Crippen molar-refractivity contribution in [3.05, 3.63) is 29.8 Å². The average Bonchev–Trinajstić information content (AvgIpc) is 2.58. The minimum atomic E-state index is -0.279. The van der Waals surface area contributed by atoms with Crippen LogP contribution in [0.3, 0.4) is 0 Å². The van der Waals surface area contributed by atoms with Gasteiger partial charge in [-0.1, -0.05) is 24.3 Å². The lowest BCUT2D eigenvalue weighted by Gasteiger charge is -2.32. The summed E-state index contributed by atoms with van der Waals surface area (Å²) in [5.41, 5.74) is 1.91. The van der Waals surface area contributed by atoms with Crippen molar-refractivity contribution in [2.45, 2.75) is 51.7 Å². The fourth-order valence-corrected chi connectivity index (χ4v) is 2.47. The molecule has 0 N–H and O–H groups in total. The maximum Gasteiger partial charge on any atom is 0.494 e. The Labute approximate surface area is 129 Å². The zero-order chi connectivity index (χ0) is 15.7. The van der Waals surface area contributed by atoms with Crippen molar-refractivity contribution in [1.29, 1.82) is 0 Å². The number of benzene rings is 1. The van der Waals surface area contributed by atoms with Crippen LogP contribution in [0.5, 0.6) is 0 Å². The zero-order valence-corrected chi connectivity index (χ0v) is 14.3. The van der Waals surface area contributed by atoms with Crippen LogP contribution in [0, 0.1) is 0 Å². The number of nitrogens with zero attached hydrogens (tertiary/aromatic N) is 1. The molecule has 0 saturated carbocycles. The molecular formula is C17H28BNO2. The van der Waals surface area contributed by atoms with Crippen LogP contribution in [0.15, 0.2) is 24.3 Å². The highest BCUT2D eigenvalue weighted by atomic mass is 16.7. The summed E-state index contributed by atoms with van der Waals surface area (Å²) in [6, 6.07) is 8.60. The van der Waals surface area contributed by atoms with Gasteiger partial charge in [0, 0.05) is 0 Å². The van der Waals surface area contributed by atoms with Crippen molar-refractivity contribution in [1.82, 2.24) is 4.90 Å². The fourth-order valence-electron chi connectivity index (χ4n) is 2.47. The summed E-state index contributed by atoms with van der Waals surface area (Å²) < 4.78 is 12.2. The summed E-state index contributed by atoms with van der Waals surface area (Å²) in [5, 5.41) is 0. The first-order valence-electron chi connectivity index (χ1n) is 7.80. The van der Waals surface area contributed by atoms with Crippen molar-refractivity contribution in [3.63, 3.8) is 0 Å². The highest BCUT2D eigenvalue weighted by molar-refractivity contribution is 6.62. The van der Waals surface area contributed by atoms with E-state index >= 15 is 0 Å². The Balaban J connectivity index is 2.05. The molecule has 1 heterocycles. The first kappa shape index (κ1) is 16.5. The molecule has 116 valence electrons. The van der Waals surface area contributed by atoms with Crippen LogP contribution >= 0.6 is 0 Å². The first-order chi connectivity index (χ1) is 9.71. The molecular weight excluding hydrogens is 261 g/mol. The van der Waals surface area contributed by atoms with E-state index in [1.54, 1.807) is 0 Å². The summed E-state index contributed by atoms with van der Waals surface area (Å²) in [6.45, 7) is 9.48. The number of hydrogen-bond acceptors (Lipinski definition) is 3. The van der Waals surface area contributed by atoms with Crippen LogP contribution < -0.4 is 5.46 Å². The Morgan fingerprint density at radius 2 is 1.67 bits per heavy atom. The molecule has 0 aliphatic carbocycles. The van der Waals surface area contributed by atoms with E-state index in [9.17, 15) is 0 Å². The van der Waals surface area contributed by atoms with E-state index in [2.05, 4.69) is 71.0 Å². The molecule has 3 nitrogen and oxygen atoms in total. The highest BCUT2D eigenvalue weighted by Crippen LogP contribution is 2.36. The van der Waals surface area contributed by atoms with E-state index < -0.39 is 0 Å². The molecule has 0 atom stereocenters. The molecule has 1 aromatic carbocycles. The second-order valence-electron chi connectivity index (χ2n) is 7.24. The summed E-state index contributed by atoms with van der Waals surface area (Å²) in [5.74, 6) is 0. The van der Waals surface area contributed by atoms with Gasteiger partial charge in [-0.15, -0.1) is 0 Å². The van der Waals surface area contributed by atoms with Crippen LogP contribution in [0.2, 0.25) is 0 Å². The second kappa shape index (κ2) is 6.11. The van der Waals surface area contributed by atoms with Gasteiger partial charge < -0.3 is 14.2 Å². The zero-order valence-electron chi connectivity index (χ0n) is 14.3. The Morgan fingerprint density at radius 1 is 1.05 bits per heavy atom. The van der Waals surface area contributed by atoms with Crippen LogP contribution in [0.1, 0.15) is 39.7 Å². The van der Waals surface area contributed by atoms with E-state index in [-0.39, 0.29) is 18.3 Å². The van der Waals surface area contributed by atoms with Gasteiger partial charge in [0.2, 0.25) is 0 Å². The van der Waals surface area contributed by atoms with Gasteiger partial charge in [0.15, 0.2) is 0 Å². The minimum Gasteiger partial charge on any atom is -0.399 e. The molecule has 21 heavy (non-hydrogen) atoms.